The number of aromatic nitrogens is 2. The number of halogens is 3. The molecule has 23 heavy (non-hydrogen) atoms. The number of ether oxygens (including phenoxy) is 1. The van der Waals surface area contributed by atoms with Crippen molar-refractivity contribution in [2.45, 2.75) is 6.42 Å². The van der Waals surface area contributed by atoms with Gasteiger partial charge >= 0.3 is 0 Å². The highest BCUT2D eigenvalue weighted by atomic mass is 35.5. The van der Waals surface area contributed by atoms with Gasteiger partial charge in [-0.2, -0.15) is 5.10 Å². The Morgan fingerprint density at radius 1 is 1.35 bits per heavy atom. The van der Waals surface area contributed by atoms with Crippen molar-refractivity contribution in [2.75, 3.05) is 19.0 Å². The Kier molecular flexibility index (Phi) is 6.00. The molecule has 9 heteroatoms. The van der Waals surface area contributed by atoms with E-state index in [0.29, 0.717) is 10.8 Å². The van der Waals surface area contributed by atoms with E-state index >= 15 is 0 Å². The van der Waals surface area contributed by atoms with Crippen LogP contribution in [0.1, 0.15) is 5.56 Å². The average Bonchev–Trinajstić information content (AvgIpc) is 2.52. The van der Waals surface area contributed by atoms with Gasteiger partial charge in [-0.3, -0.25) is 0 Å². The molecule has 0 amide bonds. The van der Waals surface area contributed by atoms with Crippen LogP contribution in [0.5, 0.6) is 5.75 Å². The molecule has 1 heterocycles. The van der Waals surface area contributed by atoms with E-state index in [1.54, 1.807) is 6.07 Å². The molecule has 122 valence electrons. The van der Waals surface area contributed by atoms with Crippen molar-refractivity contribution in [3.8, 4) is 5.75 Å². The first-order valence-electron chi connectivity index (χ1n) is 6.55. The summed E-state index contributed by atoms with van der Waals surface area (Å²) < 4.78 is 32.4. The number of hydrogen-bond donors (Lipinski definition) is 2. The molecule has 1 aromatic heterocycles. The van der Waals surface area contributed by atoms with Gasteiger partial charge in [-0.05, 0) is 24.7 Å². The lowest BCUT2D eigenvalue weighted by Gasteiger charge is -2.11. The molecular weight excluding hydrogens is 346 g/mol. The number of nitrogens with one attached hydrogen (secondary N) is 2. The van der Waals surface area contributed by atoms with Gasteiger partial charge in [-0.1, -0.05) is 11.6 Å². The molecule has 0 radical (unpaired) electrons. The zero-order valence-corrected chi connectivity index (χ0v) is 13.6. The summed E-state index contributed by atoms with van der Waals surface area (Å²) in [6.07, 6.45) is 1.55. The first kappa shape index (κ1) is 17.3. The maximum atomic E-state index is 13.8. The molecule has 2 aromatic rings. The molecule has 2 rings (SSSR count). The molecule has 2 N–H and O–H groups in total. The highest BCUT2D eigenvalue weighted by molar-refractivity contribution is 7.80. The Morgan fingerprint density at radius 2 is 2.04 bits per heavy atom. The largest absolute Gasteiger partial charge is 0.497 e. The molecule has 0 fully saturated rings. The van der Waals surface area contributed by atoms with Gasteiger partial charge in [0, 0.05) is 24.2 Å². The van der Waals surface area contributed by atoms with Gasteiger partial charge in [0.1, 0.15) is 17.4 Å². The summed E-state index contributed by atoms with van der Waals surface area (Å²) >= 11 is 11.0. The average molecular weight is 359 g/mol. The van der Waals surface area contributed by atoms with Crippen LogP contribution in [0.25, 0.3) is 0 Å². The number of hydrogen-bond acceptors (Lipinski definition) is 4. The third kappa shape index (κ3) is 4.70. The highest BCUT2D eigenvalue weighted by Gasteiger charge is 2.12. The van der Waals surface area contributed by atoms with Crippen LogP contribution in [0.2, 0.25) is 5.02 Å². The van der Waals surface area contributed by atoms with Gasteiger partial charge in [-0.15, -0.1) is 5.10 Å². The van der Waals surface area contributed by atoms with Crippen molar-refractivity contribution >= 4 is 34.7 Å². The fraction of sp³-hybridized carbons (Fsp3) is 0.214. The summed E-state index contributed by atoms with van der Waals surface area (Å²) in [5.41, 5.74) is -0.0429. The van der Waals surface area contributed by atoms with Crippen molar-refractivity contribution in [1.29, 1.82) is 0 Å². The lowest BCUT2D eigenvalue weighted by atomic mass is 10.1. The van der Waals surface area contributed by atoms with Gasteiger partial charge in [0.25, 0.3) is 0 Å². The predicted molar refractivity (Wildman–Crippen MR) is 87.9 cm³/mol. The number of methoxy groups -OCH3 is 1. The molecule has 5 nitrogen and oxygen atoms in total. The zero-order chi connectivity index (χ0) is 16.8. The smallest absolute Gasteiger partial charge is 0.173 e. The van der Waals surface area contributed by atoms with Crippen LogP contribution in [0.15, 0.2) is 24.4 Å². The molecule has 0 saturated carbocycles. The Bertz CT molecular complexity index is 694. The van der Waals surface area contributed by atoms with Crippen molar-refractivity contribution in [2.24, 2.45) is 0 Å². The lowest BCUT2D eigenvalue weighted by Crippen LogP contribution is -2.31. The summed E-state index contributed by atoms with van der Waals surface area (Å²) in [4.78, 5) is 0. The molecule has 0 aliphatic heterocycles. The summed E-state index contributed by atoms with van der Waals surface area (Å²) in [5.74, 6) is -0.904. The second-order valence-corrected chi connectivity index (χ2v) is 5.24. The molecule has 0 spiro atoms. The number of benzene rings is 1. The number of thiocarbonyl (C=S) groups is 1. The van der Waals surface area contributed by atoms with Gasteiger partial charge in [0.15, 0.2) is 10.9 Å². The van der Waals surface area contributed by atoms with Gasteiger partial charge in [0.05, 0.1) is 18.3 Å². The molecule has 0 atom stereocenters. The fourth-order valence-corrected chi connectivity index (χ4v) is 2.13. The summed E-state index contributed by atoms with van der Waals surface area (Å²) in [6, 6.07) is 3.82. The van der Waals surface area contributed by atoms with Crippen LogP contribution < -0.4 is 15.4 Å². The highest BCUT2D eigenvalue weighted by Crippen LogP contribution is 2.20. The fourth-order valence-electron chi connectivity index (χ4n) is 1.79. The zero-order valence-electron chi connectivity index (χ0n) is 12.1. The topological polar surface area (TPSA) is 59.1 Å². The first-order chi connectivity index (χ1) is 11.0. The molecule has 1 aromatic carbocycles. The van der Waals surface area contributed by atoms with Gasteiger partial charge < -0.3 is 15.4 Å². The third-order valence-corrected chi connectivity index (χ3v) is 3.47. The van der Waals surface area contributed by atoms with Crippen LogP contribution in [0, 0.1) is 11.6 Å². The van der Waals surface area contributed by atoms with Crippen LogP contribution in [-0.2, 0) is 6.42 Å². The van der Waals surface area contributed by atoms with E-state index in [1.807, 2.05) is 0 Å². The van der Waals surface area contributed by atoms with Crippen LogP contribution in [-0.4, -0.2) is 29.0 Å². The summed E-state index contributed by atoms with van der Waals surface area (Å²) in [6.45, 7) is 0.226. The molecule has 0 aliphatic rings. The first-order valence-corrected chi connectivity index (χ1v) is 7.34. The maximum Gasteiger partial charge on any atom is 0.173 e. The Hall–Kier alpha value is -2.06. The summed E-state index contributed by atoms with van der Waals surface area (Å²) in [7, 11) is 1.34. The Morgan fingerprint density at radius 3 is 2.65 bits per heavy atom. The molecule has 0 saturated heterocycles. The predicted octanol–water partition coefficient (Wildman–Crippen LogP) is 2.95. The number of nitrogens with zero attached hydrogens (tertiary/aromatic N) is 2. The second-order valence-electron chi connectivity index (χ2n) is 4.43. The lowest BCUT2D eigenvalue weighted by molar-refractivity contribution is 0.405. The van der Waals surface area contributed by atoms with E-state index in [2.05, 4.69) is 20.8 Å². The van der Waals surface area contributed by atoms with E-state index in [0.717, 1.165) is 12.1 Å². The number of anilines is 1. The van der Waals surface area contributed by atoms with Gasteiger partial charge in [-0.25, -0.2) is 8.78 Å². The molecule has 0 aliphatic carbocycles. The van der Waals surface area contributed by atoms with Crippen molar-refractivity contribution in [3.05, 3.63) is 46.6 Å². The van der Waals surface area contributed by atoms with Crippen molar-refractivity contribution < 1.29 is 13.5 Å². The molecule has 0 bridgehead atoms. The summed E-state index contributed by atoms with van der Waals surface area (Å²) in [5, 5.41) is 13.6. The molecule has 0 unspecified atom stereocenters. The van der Waals surface area contributed by atoms with Crippen molar-refractivity contribution in [1.82, 2.24) is 15.5 Å². The van der Waals surface area contributed by atoms with Crippen LogP contribution in [0.3, 0.4) is 0 Å². The van der Waals surface area contributed by atoms with Crippen molar-refractivity contribution in [3.63, 3.8) is 0 Å². The van der Waals surface area contributed by atoms with E-state index in [4.69, 9.17) is 28.6 Å². The third-order valence-electron chi connectivity index (χ3n) is 2.91. The van der Waals surface area contributed by atoms with E-state index in [-0.39, 0.29) is 29.4 Å². The number of rotatable bonds is 5. The minimum Gasteiger partial charge on any atom is -0.497 e. The van der Waals surface area contributed by atoms with Gasteiger partial charge in [0.2, 0.25) is 0 Å². The van der Waals surface area contributed by atoms with Crippen LogP contribution >= 0.6 is 23.8 Å². The van der Waals surface area contributed by atoms with E-state index in [9.17, 15) is 8.78 Å². The Labute approximate surface area is 142 Å². The van der Waals surface area contributed by atoms with Crippen LogP contribution in [0.4, 0.5) is 14.6 Å². The van der Waals surface area contributed by atoms with E-state index < -0.39 is 11.6 Å². The monoisotopic (exact) mass is 358 g/mol. The molecular formula is C14H13ClF2N4OS. The minimum atomic E-state index is -0.667. The maximum absolute atomic E-state index is 13.8. The Balaban J connectivity index is 1.90. The standard InChI is InChI=1S/C14H13ClF2N4OS/c1-22-8-6-11(16)9(12(17)7-8)2-4-18-14(23)20-13-10(15)3-5-19-21-13/h3,5-7H,2,4H2,1H3,(H2,18,20,21,23). The second kappa shape index (κ2) is 7.98. The quantitative estimate of drug-likeness (QED) is 0.801. The van der Waals surface area contributed by atoms with E-state index in [1.165, 1.54) is 13.3 Å². The SMILES string of the molecule is COc1cc(F)c(CCNC(=S)Nc2nnccc2Cl)c(F)c1. The normalized spacial score (nSPS) is 10.3. The minimum absolute atomic E-state index is 0.0429.